The van der Waals surface area contributed by atoms with Crippen LogP contribution in [0.15, 0.2) is 137 Å². The molecule has 254 valence electrons. The normalized spacial score (nSPS) is 15.3. The number of aliphatic hydroxyl groups is 1. The lowest BCUT2D eigenvalue weighted by atomic mass is 9.95. The van der Waals surface area contributed by atoms with Gasteiger partial charge < -0.3 is 14.6 Å². The van der Waals surface area contributed by atoms with E-state index in [9.17, 15) is 14.7 Å². The van der Waals surface area contributed by atoms with Gasteiger partial charge in [-0.1, -0.05) is 101 Å². The maximum atomic E-state index is 13.8. The van der Waals surface area contributed by atoms with Gasteiger partial charge in [-0.3, -0.25) is 14.5 Å². The highest BCUT2D eigenvalue weighted by Gasteiger charge is 2.48. The van der Waals surface area contributed by atoms with Gasteiger partial charge in [0.1, 0.15) is 29.6 Å². The first-order valence-corrected chi connectivity index (χ1v) is 18.1. The predicted octanol–water partition coefficient (Wildman–Crippen LogP) is 9.79. The summed E-state index contributed by atoms with van der Waals surface area (Å²) in [5.41, 5.74) is 4.06. The molecular formula is C40H30ClN3O5S2. The maximum absolute atomic E-state index is 13.8. The quantitative estimate of drug-likeness (QED) is 0.0462. The van der Waals surface area contributed by atoms with Crippen molar-refractivity contribution in [3.8, 4) is 17.2 Å². The van der Waals surface area contributed by atoms with Gasteiger partial charge in [0.15, 0.2) is 4.34 Å². The molecule has 0 radical (unpaired) electrons. The van der Waals surface area contributed by atoms with Gasteiger partial charge in [0.05, 0.1) is 11.6 Å². The number of halogens is 1. The summed E-state index contributed by atoms with van der Waals surface area (Å²) in [5.74, 6) is 0.350. The van der Waals surface area contributed by atoms with Crippen LogP contribution < -0.4 is 14.4 Å². The van der Waals surface area contributed by atoms with Gasteiger partial charge in [-0.15, -0.1) is 10.2 Å². The Bertz CT molecular complexity index is 2220. The van der Waals surface area contributed by atoms with Crippen molar-refractivity contribution in [1.29, 1.82) is 0 Å². The minimum atomic E-state index is -1.01. The van der Waals surface area contributed by atoms with E-state index in [2.05, 4.69) is 10.2 Å². The SMILES string of the molecule is Cc1ccccc1COc1ccc(/C(O)=C2\C(=O)C(=O)N(c3nnc(SCc4ccc(Cl)cc4)s3)C2c2cccc(Oc3ccccc3)c2)cc1. The molecule has 7 rings (SSSR count). The molecule has 1 atom stereocenters. The molecule has 8 nitrogen and oxygen atoms in total. The van der Waals surface area contributed by atoms with E-state index in [0.29, 0.717) is 50.1 Å². The van der Waals surface area contributed by atoms with Crippen LogP contribution in [0.5, 0.6) is 17.2 Å². The van der Waals surface area contributed by atoms with E-state index in [1.54, 1.807) is 48.5 Å². The third kappa shape index (κ3) is 7.68. The molecule has 51 heavy (non-hydrogen) atoms. The smallest absolute Gasteiger partial charge is 0.301 e. The van der Waals surface area contributed by atoms with E-state index in [4.69, 9.17) is 21.1 Å². The molecule has 1 aliphatic rings. The number of Topliss-reactive ketones (excluding diaryl/α,β-unsaturated/α-hetero) is 1. The van der Waals surface area contributed by atoms with Crippen LogP contribution in [-0.4, -0.2) is 27.0 Å². The van der Waals surface area contributed by atoms with E-state index < -0.39 is 17.7 Å². The molecule has 2 heterocycles. The Morgan fingerprint density at radius 3 is 2.33 bits per heavy atom. The summed E-state index contributed by atoms with van der Waals surface area (Å²) in [5, 5.41) is 21.3. The first-order valence-electron chi connectivity index (χ1n) is 16.0. The lowest BCUT2D eigenvalue weighted by Gasteiger charge is -2.23. The highest BCUT2D eigenvalue weighted by molar-refractivity contribution is 8.00. The number of para-hydroxylation sites is 1. The summed E-state index contributed by atoms with van der Waals surface area (Å²) in [6, 6.07) is 37.6. The Balaban J connectivity index is 1.22. The van der Waals surface area contributed by atoms with Gasteiger partial charge in [0, 0.05) is 16.3 Å². The molecule has 1 amide bonds. The van der Waals surface area contributed by atoms with Crippen LogP contribution in [0, 0.1) is 6.92 Å². The van der Waals surface area contributed by atoms with Crippen LogP contribution in [0.3, 0.4) is 0 Å². The van der Waals surface area contributed by atoms with E-state index >= 15 is 0 Å². The molecule has 5 aromatic carbocycles. The van der Waals surface area contributed by atoms with Crippen molar-refractivity contribution in [3.05, 3.63) is 166 Å². The summed E-state index contributed by atoms with van der Waals surface area (Å²) < 4.78 is 12.7. The third-order valence-corrected chi connectivity index (χ3v) is 10.6. The fourth-order valence-corrected chi connectivity index (χ4v) is 7.55. The molecule has 0 saturated carbocycles. The number of ether oxygens (including phenoxy) is 2. The van der Waals surface area contributed by atoms with Gasteiger partial charge in [-0.25, -0.2) is 0 Å². The number of aromatic nitrogens is 2. The number of hydrogen-bond acceptors (Lipinski definition) is 9. The maximum Gasteiger partial charge on any atom is 0.301 e. The number of rotatable bonds is 11. The zero-order valence-corrected chi connectivity index (χ0v) is 29.6. The second kappa shape index (κ2) is 15.2. The fourth-order valence-electron chi connectivity index (χ4n) is 5.60. The van der Waals surface area contributed by atoms with Crippen molar-refractivity contribution in [2.75, 3.05) is 4.90 Å². The van der Waals surface area contributed by atoms with Crippen LogP contribution in [0.25, 0.3) is 5.76 Å². The molecular weight excluding hydrogens is 702 g/mol. The average molecular weight is 732 g/mol. The van der Waals surface area contributed by atoms with Crippen LogP contribution >= 0.6 is 34.7 Å². The van der Waals surface area contributed by atoms with Gasteiger partial charge in [0.25, 0.3) is 5.78 Å². The molecule has 1 fully saturated rings. The summed E-state index contributed by atoms with van der Waals surface area (Å²) in [7, 11) is 0. The lowest BCUT2D eigenvalue weighted by Crippen LogP contribution is -2.29. The lowest BCUT2D eigenvalue weighted by molar-refractivity contribution is -0.132. The number of carbonyl (C=O) groups is 2. The first kappa shape index (κ1) is 34.0. The zero-order chi connectivity index (χ0) is 35.3. The van der Waals surface area contributed by atoms with E-state index in [1.807, 2.05) is 85.8 Å². The van der Waals surface area contributed by atoms with Crippen molar-refractivity contribution in [1.82, 2.24) is 10.2 Å². The predicted molar refractivity (Wildman–Crippen MR) is 201 cm³/mol. The average Bonchev–Trinajstić information content (AvgIpc) is 3.73. The van der Waals surface area contributed by atoms with Gasteiger partial charge in [-0.05, 0) is 89.8 Å². The van der Waals surface area contributed by atoms with Crippen LogP contribution in [0.2, 0.25) is 5.02 Å². The molecule has 1 N–H and O–H groups in total. The van der Waals surface area contributed by atoms with Crippen molar-refractivity contribution in [3.63, 3.8) is 0 Å². The Morgan fingerprint density at radius 1 is 0.843 bits per heavy atom. The van der Waals surface area contributed by atoms with Gasteiger partial charge in [0.2, 0.25) is 5.13 Å². The number of ketones is 1. The van der Waals surface area contributed by atoms with Gasteiger partial charge >= 0.3 is 5.91 Å². The largest absolute Gasteiger partial charge is 0.507 e. The Hall–Kier alpha value is -5.42. The second-order valence-electron chi connectivity index (χ2n) is 11.7. The topological polar surface area (TPSA) is 102 Å². The standard InChI is InChI=1S/C40H30ClN3O5S2/c1-25-8-5-6-9-29(25)23-48-31-20-16-27(17-21-31)36(45)34-35(28-10-7-13-33(22-28)49-32-11-3-2-4-12-32)44(38(47)37(34)46)39-42-43-40(51-39)50-24-26-14-18-30(41)19-15-26/h2-22,35,45H,23-24H2,1H3/b36-34+. The second-order valence-corrected chi connectivity index (χ2v) is 14.3. The summed E-state index contributed by atoms with van der Waals surface area (Å²) in [6.07, 6.45) is 0. The molecule has 0 spiro atoms. The minimum Gasteiger partial charge on any atom is -0.507 e. The highest BCUT2D eigenvalue weighted by atomic mass is 35.5. The van der Waals surface area contributed by atoms with Crippen molar-refractivity contribution in [2.45, 2.75) is 29.7 Å². The summed E-state index contributed by atoms with van der Waals surface area (Å²) in [4.78, 5) is 29.0. The number of hydrogen-bond donors (Lipinski definition) is 1. The summed E-state index contributed by atoms with van der Waals surface area (Å²) in [6.45, 7) is 2.41. The number of benzene rings is 5. The molecule has 6 aromatic rings. The highest BCUT2D eigenvalue weighted by Crippen LogP contribution is 2.45. The Morgan fingerprint density at radius 2 is 1.57 bits per heavy atom. The fraction of sp³-hybridized carbons (Fsp3) is 0.100. The Kier molecular flexibility index (Phi) is 10.2. The number of thioether (sulfide) groups is 1. The minimum absolute atomic E-state index is 0.0731. The number of aliphatic hydroxyl groups excluding tert-OH is 1. The summed E-state index contributed by atoms with van der Waals surface area (Å²) >= 11 is 8.69. The van der Waals surface area contributed by atoms with Crippen molar-refractivity contribution < 1.29 is 24.2 Å². The number of nitrogens with zero attached hydrogens (tertiary/aromatic N) is 3. The first-order chi connectivity index (χ1) is 24.8. The number of carbonyl (C=O) groups excluding carboxylic acids is 2. The molecule has 11 heteroatoms. The van der Waals surface area contributed by atoms with Crippen molar-refractivity contribution in [2.24, 2.45) is 0 Å². The number of anilines is 1. The van der Waals surface area contributed by atoms with E-state index in [-0.39, 0.29) is 16.5 Å². The number of aryl methyl sites for hydroxylation is 1. The molecule has 1 unspecified atom stereocenters. The Labute approximate surface area is 308 Å². The third-order valence-electron chi connectivity index (χ3n) is 8.26. The molecule has 0 aliphatic carbocycles. The van der Waals surface area contributed by atoms with Crippen molar-refractivity contribution >= 4 is 57.3 Å². The molecule has 1 saturated heterocycles. The van der Waals surface area contributed by atoms with E-state index in [1.165, 1.54) is 28.0 Å². The molecule has 1 aliphatic heterocycles. The molecule has 1 aromatic heterocycles. The van der Waals surface area contributed by atoms with Gasteiger partial charge in [-0.2, -0.15) is 0 Å². The monoisotopic (exact) mass is 731 g/mol. The van der Waals surface area contributed by atoms with Crippen LogP contribution in [0.1, 0.15) is 33.9 Å². The van der Waals surface area contributed by atoms with Crippen LogP contribution in [-0.2, 0) is 21.9 Å². The van der Waals surface area contributed by atoms with Crippen LogP contribution in [0.4, 0.5) is 5.13 Å². The molecule has 0 bridgehead atoms. The van der Waals surface area contributed by atoms with E-state index in [0.717, 1.165) is 16.7 Å². The number of amides is 1. The zero-order valence-electron chi connectivity index (χ0n) is 27.2.